The zero-order valence-corrected chi connectivity index (χ0v) is 11.5. The monoisotopic (exact) mass is 269 g/mol. The number of ether oxygens (including phenoxy) is 1. The minimum atomic E-state index is 0.413. The highest BCUT2D eigenvalue weighted by Crippen LogP contribution is 2.20. The number of hydrogen-bond acceptors (Lipinski definition) is 4. The lowest BCUT2D eigenvalue weighted by atomic mass is 10.1. The van der Waals surface area contributed by atoms with Crippen molar-refractivity contribution in [2.45, 2.75) is 32.4 Å². The lowest BCUT2D eigenvalue weighted by Gasteiger charge is -2.31. The van der Waals surface area contributed by atoms with Crippen LogP contribution < -0.4 is 5.73 Å². The Bertz CT molecular complexity index is 392. The second kappa shape index (κ2) is 6.36. The zero-order chi connectivity index (χ0) is 13.0. The van der Waals surface area contributed by atoms with Crippen LogP contribution in [-0.4, -0.2) is 35.7 Å². The third-order valence-corrected chi connectivity index (χ3v) is 3.59. The molecule has 1 aliphatic rings. The number of anilines is 1. The normalized spacial score (nSPS) is 18.1. The molecule has 4 nitrogen and oxygen atoms in total. The van der Waals surface area contributed by atoms with Crippen LogP contribution >= 0.6 is 11.6 Å². The van der Waals surface area contributed by atoms with Gasteiger partial charge in [-0.15, -0.1) is 0 Å². The fourth-order valence-corrected chi connectivity index (χ4v) is 2.46. The second-order valence-corrected chi connectivity index (χ2v) is 5.00. The van der Waals surface area contributed by atoms with Crippen molar-refractivity contribution < 1.29 is 4.74 Å². The highest BCUT2D eigenvalue weighted by Gasteiger charge is 2.20. The molecule has 100 valence electrons. The molecule has 2 N–H and O–H groups in total. The molecule has 0 spiro atoms. The van der Waals surface area contributed by atoms with Gasteiger partial charge in [0, 0.05) is 26.2 Å². The van der Waals surface area contributed by atoms with E-state index in [4.69, 9.17) is 22.1 Å². The summed E-state index contributed by atoms with van der Waals surface area (Å²) in [6.07, 6.45) is 2.57. The van der Waals surface area contributed by atoms with Crippen molar-refractivity contribution in [3.8, 4) is 0 Å². The average Bonchev–Trinajstić information content (AvgIpc) is 2.37. The fraction of sp³-hybridized carbons (Fsp3) is 0.615. The Balaban J connectivity index is 1.89. The molecule has 18 heavy (non-hydrogen) atoms. The van der Waals surface area contributed by atoms with Crippen molar-refractivity contribution in [1.82, 2.24) is 9.88 Å². The topological polar surface area (TPSA) is 51.4 Å². The van der Waals surface area contributed by atoms with Crippen LogP contribution in [0.4, 0.5) is 5.82 Å². The first-order valence-electron chi connectivity index (χ1n) is 6.44. The Kier molecular flexibility index (Phi) is 4.80. The standard InChI is InChI=1S/C13H20ClN3O/c1-2-18-10-5-7-17(8-6-10)9-12-11(14)3-4-13(15)16-12/h3-4,10H,2,5-9H2,1H3,(H2,15,16). The number of piperidine rings is 1. The second-order valence-electron chi connectivity index (χ2n) is 4.60. The SMILES string of the molecule is CCOC1CCN(Cc2nc(N)ccc2Cl)CC1. The van der Waals surface area contributed by atoms with Crippen LogP contribution in [0.1, 0.15) is 25.5 Å². The summed E-state index contributed by atoms with van der Waals surface area (Å²) in [5, 5.41) is 0.691. The van der Waals surface area contributed by atoms with Gasteiger partial charge in [0.05, 0.1) is 16.8 Å². The predicted molar refractivity (Wildman–Crippen MR) is 73.6 cm³/mol. The summed E-state index contributed by atoms with van der Waals surface area (Å²) in [5.74, 6) is 0.526. The Morgan fingerprint density at radius 3 is 2.83 bits per heavy atom. The summed E-state index contributed by atoms with van der Waals surface area (Å²) < 4.78 is 5.64. The summed E-state index contributed by atoms with van der Waals surface area (Å²) in [6, 6.07) is 3.54. The van der Waals surface area contributed by atoms with Gasteiger partial charge in [-0.1, -0.05) is 11.6 Å². The predicted octanol–water partition coefficient (Wildman–Crippen LogP) is 2.32. The van der Waals surface area contributed by atoms with Crippen molar-refractivity contribution in [3.63, 3.8) is 0 Å². The molecule has 1 fully saturated rings. The Hall–Kier alpha value is -0.840. The number of hydrogen-bond donors (Lipinski definition) is 1. The van der Waals surface area contributed by atoms with Crippen LogP contribution in [0.5, 0.6) is 0 Å². The Morgan fingerprint density at radius 1 is 1.44 bits per heavy atom. The molecule has 0 aromatic carbocycles. The highest BCUT2D eigenvalue weighted by atomic mass is 35.5. The molecule has 2 rings (SSSR count). The van der Waals surface area contributed by atoms with Crippen molar-refractivity contribution in [3.05, 3.63) is 22.8 Å². The number of aromatic nitrogens is 1. The molecular weight excluding hydrogens is 250 g/mol. The summed E-state index contributed by atoms with van der Waals surface area (Å²) in [7, 11) is 0. The molecule has 0 saturated carbocycles. The molecule has 0 radical (unpaired) electrons. The maximum atomic E-state index is 6.12. The molecule has 1 aromatic heterocycles. The molecule has 0 amide bonds. The van der Waals surface area contributed by atoms with Gasteiger partial charge < -0.3 is 10.5 Å². The number of nitrogens with two attached hydrogens (primary N) is 1. The summed E-state index contributed by atoms with van der Waals surface area (Å²) in [5.41, 5.74) is 6.55. The fourth-order valence-electron chi connectivity index (χ4n) is 2.29. The maximum Gasteiger partial charge on any atom is 0.123 e. The van der Waals surface area contributed by atoms with Crippen LogP contribution in [0.25, 0.3) is 0 Å². The first-order valence-corrected chi connectivity index (χ1v) is 6.81. The van der Waals surface area contributed by atoms with Gasteiger partial charge in [0.2, 0.25) is 0 Å². The number of nitrogens with zero attached hydrogens (tertiary/aromatic N) is 2. The first kappa shape index (κ1) is 13.6. The quantitative estimate of drug-likeness (QED) is 0.911. The van der Waals surface area contributed by atoms with Gasteiger partial charge in [0.15, 0.2) is 0 Å². The van der Waals surface area contributed by atoms with Crippen LogP contribution in [0.2, 0.25) is 5.02 Å². The van der Waals surface area contributed by atoms with E-state index in [1.807, 2.05) is 13.0 Å². The van der Waals surface area contributed by atoms with Crippen LogP contribution in [0.3, 0.4) is 0 Å². The van der Waals surface area contributed by atoms with E-state index < -0.39 is 0 Å². The molecule has 0 bridgehead atoms. The largest absolute Gasteiger partial charge is 0.384 e. The van der Waals surface area contributed by atoms with E-state index in [0.717, 1.165) is 44.8 Å². The number of rotatable bonds is 4. The van der Waals surface area contributed by atoms with E-state index in [2.05, 4.69) is 9.88 Å². The van der Waals surface area contributed by atoms with Crippen molar-refractivity contribution in [1.29, 1.82) is 0 Å². The van der Waals surface area contributed by atoms with E-state index in [1.165, 1.54) is 0 Å². The van der Waals surface area contributed by atoms with Crippen molar-refractivity contribution in [2.24, 2.45) is 0 Å². The molecule has 5 heteroatoms. The Labute approximate surface area is 113 Å². The lowest BCUT2D eigenvalue weighted by molar-refractivity contribution is 0.0123. The van der Waals surface area contributed by atoms with Gasteiger partial charge in [-0.3, -0.25) is 4.90 Å². The molecule has 2 heterocycles. The average molecular weight is 270 g/mol. The zero-order valence-electron chi connectivity index (χ0n) is 10.7. The molecule has 1 aromatic rings. The number of pyridine rings is 1. The third-order valence-electron chi connectivity index (χ3n) is 3.25. The minimum Gasteiger partial charge on any atom is -0.384 e. The van der Waals surface area contributed by atoms with Gasteiger partial charge in [0.1, 0.15) is 5.82 Å². The molecule has 0 atom stereocenters. The summed E-state index contributed by atoms with van der Waals surface area (Å²) in [4.78, 5) is 6.65. The van der Waals surface area contributed by atoms with E-state index in [1.54, 1.807) is 6.07 Å². The summed E-state index contributed by atoms with van der Waals surface area (Å²) >= 11 is 6.12. The lowest BCUT2D eigenvalue weighted by Crippen LogP contribution is -2.36. The van der Waals surface area contributed by atoms with E-state index >= 15 is 0 Å². The van der Waals surface area contributed by atoms with Crippen LogP contribution in [0, 0.1) is 0 Å². The van der Waals surface area contributed by atoms with Gasteiger partial charge in [0.25, 0.3) is 0 Å². The molecular formula is C13H20ClN3O. The smallest absolute Gasteiger partial charge is 0.123 e. The van der Waals surface area contributed by atoms with E-state index in [9.17, 15) is 0 Å². The molecule has 1 saturated heterocycles. The third kappa shape index (κ3) is 3.57. The van der Waals surface area contributed by atoms with Crippen LogP contribution in [-0.2, 0) is 11.3 Å². The molecule has 1 aliphatic heterocycles. The highest BCUT2D eigenvalue weighted by molar-refractivity contribution is 6.31. The number of nitrogen functional groups attached to an aromatic ring is 1. The number of likely N-dealkylation sites (tertiary alicyclic amines) is 1. The van der Waals surface area contributed by atoms with Gasteiger partial charge in [-0.25, -0.2) is 4.98 Å². The van der Waals surface area contributed by atoms with Crippen LogP contribution in [0.15, 0.2) is 12.1 Å². The van der Waals surface area contributed by atoms with Gasteiger partial charge >= 0.3 is 0 Å². The molecule has 0 aliphatic carbocycles. The number of halogens is 1. The minimum absolute atomic E-state index is 0.413. The Morgan fingerprint density at radius 2 is 2.17 bits per heavy atom. The van der Waals surface area contributed by atoms with Crippen molar-refractivity contribution >= 4 is 17.4 Å². The summed E-state index contributed by atoms with van der Waals surface area (Å²) in [6.45, 7) is 5.66. The van der Waals surface area contributed by atoms with E-state index in [0.29, 0.717) is 16.9 Å². The van der Waals surface area contributed by atoms with E-state index in [-0.39, 0.29) is 0 Å². The first-order chi connectivity index (χ1) is 8.69. The van der Waals surface area contributed by atoms with Gasteiger partial charge in [-0.05, 0) is 31.9 Å². The van der Waals surface area contributed by atoms with Gasteiger partial charge in [-0.2, -0.15) is 0 Å². The van der Waals surface area contributed by atoms with Crippen molar-refractivity contribution in [2.75, 3.05) is 25.4 Å². The maximum absolute atomic E-state index is 6.12. The molecule has 0 unspecified atom stereocenters.